The van der Waals surface area contributed by atoms with Crippen LogP contribution in [0.3, 0.4) is 0 Å². The van der Waals surface area contributed by atoms with Crippen LogP contribution in [0.1, 0.15) is 49.1 Å². The first kappa shape index (κ1) is 16.5. The summed E-state index contributed by atoms with van der Waals surface area (Å²) in [7, 11) is 2.05. The van der Waals surface area contributed by atoms with Crippen molar-refractivity contribution in [1.82, 2.24) is 10.1 Å². The van der Waals surface area contributed by atoms with E-state index in [9.17, 15) is 4.79 Å². The van der Waals surface area contributed by atoms with E-state index in [0.717, 1.165) is 46.4 Å². The minimum atomic E-state index is 0.296. The van der Waals surface area contributed by atoms with Gasteiger partial charge in [-0.1, -0.05) is 5.16 Å². The lowest BCUT2D eigenvalue weighted by Crippen LogP contribution is -2.56. The molecule has 1 aromatic rings. The van der Waals surface area contributed by atoms with Crippen LogP contribution < -0.4 is 0 Å². The molecule has 0 aromatic carbocycles. The van der Waals surface area contributed by atoms with Crippen molar-refractivity contribution in [3.05, 3.63) is 17.0 Å². The van der Waals surface area contributed by atoms with E-state index in [1.54, 1.807) is 11.8 Å². The van der Waals surface area contributed by atoms with Gasteiger partial charge in [-0.25, -0.2) is 0 Å². The quantitative estimate of drug-likeness (QED) is 0.812. The molecule has 5 rings (SSSR count). The van der Waals surface area contributed by atoms with Gasteiger partial charge in [0.2, 0.25) is 5.91 Å². The van der Waals surface area contributed by atoms with Gasteiger partial charge in [0.1, 0.15) is 5.76 Å². The van der Waals surface area contributed by atoms with Crippen LogP contribution in [0.2, 0.25) is 0 Å². The lowest BCUT2D eigenvalue weighted by molar-refractivity contribution is -0.138. The summed E-state index contributed by atoms with van der Waals surface area (Å²) in [6.45, 7) is 3.91. The Morgan fingerprint density at radius 1 is 1.17 bits per heavy atom. The SMILES string of the molecule is Cc1noc(C)c1CSCC(=O)N(C)C1C2CC3CC(C2)CC1C3. The third-order valence-electron chi connectivity index (χ3n) is 6.67. The van der Waals surface area contributed by atoms with E-state index in [4.69, 9.17) is 4.52 Å². The molecule has 4 fully saturated rings. The van der Waals surface area contributed by atoms with Crippen LogP contribution in [0.25, 0.3) is 0 Å². The molecule has 24 heavy (non-hydrogen) atoms. The van der Waals surface area contributed by atoms with E-state index in [-0.39, 0.29) is 0 Å². The van der Waals surface area contributed by atoms with Crippen molar-refractivity contribution >= 4 is 17.7 Å². The summed E-state index contributed by atoms with van der Waals surface area (Å²) in [6.07, 6.45) is 6.91. The van der Waals surface area contributed by atoms with Crippen molar-refractivity contribution in [3.63, 3.8) is 0 Å². The van der Waals surface area contributed by atoms with Gasteiger partial charge in [0.05, 0.1) is 11.4 Å². The number of aromatic nitrogens is 1. The molecule has 4 saturated carbocycles. The van der Waals surface area contributed by atoms with Crippen molar-refractivity contribution in [1.29, 1.82) is 0 Å². The minimum absolute atomic E-state index is 0.296. The molecule has 1 heterocycles. The van der Waals surface area contributed by atoms with Crippen LogP contribution in [0, 0.1) is 37.5 Å². The fourth-order valence-corrected chi connectivity index (χ4v) is 6.84. The van der Waals surface area contributed by atoms with Gasteiger partial charge >= 0.3 is 0 Å². The molecule has 0 atom stereocenters. The van der Waals surface area contributed by atoms with E-state index in [1.165, 1.54) is 32.1 Å². The summed E-state index contributed by atoms with van der Waals surface area (Å²) in [5, 5.41) is 3.99. The zero-order valence-electron chi connectivity index (χ0n) is 15.0. The predicted molar refractivity (Wildman–Crippen MR) is 95.7 cm³/mol. The van der Waals surface area contributed by atoms with Crippen LogP contribution in [-0.2, 0) is 10.5 Å². The fraction of sp³-hybridized carbons (Fsp3) is 0.789. The zero-order chi connectivity index (χ0) is 16.8. The summed E-state index contributed by atoms with van der Waals surface area (Å²) in [5.74, 6) is 5.99. The molecule has 132 valence electrons. The van der Waals surface area contributed by atoms with Gasteiger partial charge in [0, 0.05) is 24.4 Å². The normalized spacial score (nSPS) is 33.9. The smallest absolute Gasteiger partial charge is 0.232 e. The summed E-state index contributed by atoms with van der Waals surface area (Å²) in [6, 6.07) is 0.505. The monoisotopic (exact) mass is 348 g/mol. The fourth-order valence-electron chi connectivity index (χ4n) is 5.75. The number of carbonyl (C=O) groups excluding carboxylic acids is 1. The van der Waals surface area contributed by atoms with E-state index in [1.807, 2.05) is 20.9 Å². The van der Waals surface area contributed by atoms with Crippen molar-refractivity contribution in [2.24, 2.45) is 23.7 Å². The topological polar surface area (TPSA) is 46.3 Å². The molecular formula is C19H28N2O2S. The maximum Gasteiger partial charge on any atom is 0.232 e. The van der Waals surface area contributed by atoms with Gasteiger partial charge in [-0.2, -0.15) is 0 Å². The van der Waals surface area contributed by atoms with Gasteiger partial charge in [-0.3, -0.25) is 4.79 Å². The maximum absolute atomic E-state index is 12.7. The Labute approximate surface area is 148 Å². The highest BCUT2D eigenvalue weighted by molar-refractivity contribution is 7.99. The van der Waals surface area contributed by atoms with Gasteiger partial charge in [0.15, 0.2) is 0 Å². The van der Waals surface area contributed by atoms with Crippen molar-refractivity contribution in [2.75, 3.05) is 12.8 Å². The molecule has 4 aliphatic rings. The highest BCUT2D eigenvalue weighted by Crippen LogP contribution is 2.55. The Bertz CT molecular complexity index is 579. The Hall–Kier alpha value is -0.970. The predicted octanol–water partition coefficient (Wildman–Crippen LogP) is 3.81. The minimum Gasteiger partial charge on any atom is -0.361 e. The Morgan fingerprint density at radius 2 is 1.79 bits per heavy atom. The molecule has 1 aromatic heterocycles. The molecule has 0 unspecified atom stereocenters. The third kappa shape index (κ3) is 2.89. The molecule has 0 aliphatic heterocycles. The standard InChI is InChI=1S/C19H28N2O2S/c1-11-17(12(2)23-20-11)9-24-10-18(22)21(3)19-15-5-13-4-14(7-15)8-16(19)6-13/h13-16,19H,4-10H2,1-3H3. The summed E-state index contributed by atoms with van der Waals surface area (Å²) in [5.41, 5.74) is 2.09. The molecule has 0 N–H and O–H groups in total. The van der Waals surface area contributed by atoms with Crippen LogP contribution in [0.5, 0.6) is 0 Å². The number of aryl methyl sites for hydroxylation is 2. The summed E-state index contributed by atoms with van der Waals surface area (Å²) >= 11 is 1.69. The van der Waals surface area contributed by atoms with E-state index >= 15 is 0 Å². The number of hydrogen-bond donors (Lipinski definition) is 0. The van der Waals surface area contributed by atoms with Crippen LogP contribution in [-0.4, -0.2) is 34.8 Å². The average molecular weight is 349 g/mol. The lowest BCUT2D eigenvalue weighted by atomic mass is 9.54. The van der Waals surface area contributed by atoms with Gasteiger partial charge in [0.25, 0.3) is 0 Å². The third-order valence-corrected chi connectivity index (χ3v) is 7.61. The van der Waals surface area contributed by atoms with Crippen molar-refractivity contribution in [2.45, 2.75) is 57.7 Å². The number of amides is 1. The Balaban J connectivity index is 1.33. The Morgan fingerprint density at radius 3 is 2.33 bits per heavy atom. The first-order chi connectivity index (χ1) is 11.5. The van der Waals surface area contributed by atoms with Crippen LogP contribution in [0.4, 0.5) is 0 Å². The Kier molecular flexibility index (Phi) is 4.40. The molecule has 4 bridgehead atoms. The van der Waals surface area contributed by atoms with Gasteiger partial charge in [-0.05, 0) is 69.6 Å². The number of thioether (sulfide) groups is 1. The van der Waals surface area contributed by atoms with Gasteiger partial charge in [-0.15, -0.1) is 11.8 Å². The second-order valence-electron chi connectivity index (χ2n) is 8.22. The first-order valence-electron chi connectivity index (χ1n) is 9.28. The molecule has 0 saturated heterocycles. The molecular weight excluding hydrogens is 320 g/mol. The van der Waals surface area contributed by atoms with Crippen LogP contribution in [0.15, 0.2) is 4.52 Å². The number of rotatable bonds is 5. The number of carbonyl (C=O) groups is 1. The largest absolute Gasteiger partial charge is 0.361 e. The molecule has 0 spiro atoms. The second kappa shape index (κ2) is 6.40. The van der Waals surface area contributed by atoms with E-state index < -0.39 is 0 Å². The van der Waals surface area contributed by atoms with Gasteiger partial charge < -0.3 is 9.42 Å². The second-order valence-corrected chi connectivity index (χ2v) is 9.21. The van der Waals surface area contributed by atoms with E-state index in [2.05, 4.69) is 10.1 Å². The summed E-state index contributed by atoms with van der Waals surface area (Å²) < 4.78 is 5.20. The zero-order valence-corrected chi connectivity index (χ0v) is 15.8. The average Bonchev–Trinajstić information content (AvgIpc) is 2.85. The molecule has 0 radical (unpaired) electrons. The molecule has 5 heteroatoms. The highest BCUT2D eigenvalue weighted by Gasteiger charge is 2.50. The van der Waals surface area contributed by atoms with Crippen molar-refractivity contribution < 1.29 is 9.32 Å². The molecule has 1 amide bonds. The van der Waals surface area contributed by atoms with E-state index in [0.29, 0.717) is 17.7 Å². The molecule has 4 aliphatic carbocycles. The first-order valence-corrected chi connectivity index (χ1v) is 10.4. The number of nitrogens with zero attached hydrogens (tertiary/aromatic N) is 2. The molecule has 4 nitrogen and oxygen atoms in total. The highest BCUT2D eigenvalue weighted by atomic mass is 32.2. The summed E-state index contributed by atoms with van der Waals surface area (Å²) in [4.78, 5) is 14.8. The lowest BCUT2D eigenvalue weighted by Gasteiger charge is -2.56. The van der Waals surface area contributed by atoms with Crippen LogP contribution >= 0.6 is 11.8 Å². The van der Waals surface area contributed by atoms with Crippen molar-refractivity contribution in [3.8, 4) is 0 Å². The maximum atomic E-state index is 12.7. The number of hydrogen-bond acceptors (Lipinski definition) is 4.